The number of anilines is 1. The molecule has 0 bridgehead atoms. The van der Waals surface area contributed by atoms with Gasteiger partial charge in [-0.15, -0.1) is 0 Å². The lowest BCUT2D eigenvalue weighted by molar-refractivity contribution is -0.139. The smallest absolute Gasteiger partial charge is 0.305 e. The van der Waals surface area contributed by atoms with Crippen LogP contribution in [0.3, 0.4) is 0 Å². The van der Waals surface area contributed by atoms with E-state index in [-0.39, 0.29) is 18.9 Å². The number of carbonyl (C=O) groups excluding carboxylic acids is 1. The van der Waals surface area contributed by atoms with Crippen molar-refractivity contribution in [2.45, 2.75) is 25.8 Å². The predicted octanol–water partition coefficient (Wildman–Crippen LogP) is 3.12. The van der Waals surface area contributed by atoms with Crippen LogP contribution in [0.5, 0.6) is 17.2 Å². The first kappa shape index (κ1) is 22.4. The van der Waals surface area contributed by atoms with Crippen molar-refractivity contribution < 1.29 is 28.9 Å². The molecule has 0 saturated carbocycles. The van der Waals surface area contributed by atoms with Crippen molar-refractivity contribution in [3.8, 4) is 17.2 Å². The van der Waals surface area contributed by atoms with Crippen molar-refractivity contribution >= 4 is 17.6 Å². The summed E-state index contributed by atoms with van der Waals surface area (Å²) in [5.74, 6) is 0.751. The molecule has 1 amide bonds. The third-order valence-corrected chi connectivity index (χ3v) is 5.28. The second-order valence-electron chi connectivity index (χ2n) is 7.25. The van der Waals surface area contributed by atoms with Crippen LogP contribution in [0.2, 0.25) is 0 Å². The van der Waals surface area contributed by atoms with E-state index in [9.17, 15) is 14.7 Å². The van der Waals surface area contributed by atoms with Gasteiger partial charge >= 0.3 is 5.97 Å². The molecule has 1 aliphatic heterocycles. The van der Waals surface area contributed by atoms with E-state index in [4.69, 9.17) is 14.2 Å². The SMILES string of the molecule is CCOc1ccc(NC(=O)CN2CCc3cc(OC)c(OC)cc3[C@H]2CC(=O)O)cc1. The van der Waals surface area contributed by atoms with Crippen molar-refractivity contribution in [2.75, 3.05) is 39.2 Å². The van der Waals surface area contributed by atoms with Gasteiger partial charge in [0.1, 0.15) is 5.75 Å². The molecular weight excluding hydrogens is 400 g/mol. The topological polar surface area (TPSA) is 97.3 Å². The van der Waals surface area contributed by atoms with Gasteiger partial charge in [0.15, 0.2) is 11.5 Å². The summed E-state index contributed by atoms with van der Waals surface area (Å²) < 4.78 is 16.2. The summed E-state index contributed by atoms with van der Waals surface area (Å²) in [6.45, 7) is 3.13. The molecule has 0 saturated heterocycles. The van der Waals surface area contributed by atoms with Crippen LogP contribution in [0.25, 0.3) is 0 Å². The zero-order valence-electron chi connectivity index (χ0n) is 18.0. The van der Waals surface area contributed by atoms with Gasteiger partial charge in [-0.25, -0.2) is 0 Å². The molecular formula is C23H28N2O6. The third kappa shape index (κ3) is 5.46. The summed E-state index contributed by atoms with van der Waals surface area (Å²) in [5, 5.41) is 12.3. The van der Waals surface area contributed by atoms with Gasteiger partial charge in [0.25, 0.3) is 0 Å². The zero-order chi connectivity index (χ0) is 22.4. The molecule has 1 atom stereocenters. The van der Waals surface area contributed by atoms with E-state index in [2.05, 4.69) is 5.32 Å². The highest BCUT2D eigenvalue weighted by atomic mass is 16.5. The highest BCUT2D eigenvalue weighted by Crippen LogP contribution is 2.39. The second-order valence-corrected chi connectivity index (χ2v) is 7.25. The molecule has 0 aromatic heterocycles. The van der Waals surface area contributed by atoms with E-state index in [1.807, 2.05) is 24.0 Å². The van der Waals surface area contributed by atoms with Gasteiger partial charge in [0.05, 0.1) is 33.8 Å². The first-order valence-corrected chi connectivity index (χ1v) is 10.2. The van der Waals surface area contributed by atoms with Crippen LogP contribution in [0, 0.1) is 0 Å². The molecule has 0 radical (unpaired) electrons. The lowest BCUT2D eigenvalue weighted by Crippen LogP contribution is -2.41. The average molecular weight is 428 g/mol. The van der Waals surface area contributed by atoms with Crippen LogP contribution in [0.1, 0.15) is 30.5 Å². The number of amides is 1. The molecule has 0 unspecified atom stereocenters. The fourth-order valence-corrected chi connectivity index (χ4v) is 3.86. The summed E-state index contributed by atoms with van der Waals surface area (Å²) in [5.41, 5.74) is 2.51. The van der Waals surface area contributed by atoms with E-state index >= 15 is 0 Å². The Labute approximate surface area is 181 Å². The highest BCUT2D eigenvalue weighted by Gasteiger charge is 2.32. The number of carboxylic acids is 1. The Morgan fingerprint density at radius 3 is 2.42 bits per heavy atom. The van der Waals surface area contributed by atoms with Gasteiger partial charge in [-0.05, 0) is 60.9 Å². The molecule has 31 heavy (non-hydrogen) atoms. The molecule has 3 rings (SSSR count). The normalized spacial score (nSPS) is 15.6. The van der Waals surface area contributed by atoms with E-state index < -0.39 is 12.0 Å². The lowest BCUT2D eigenvalue weighted by Gasteiger charge is -2.36. The third-order valence-electron chi connectivity index (χ3n) is 5.28. The van der Waals surface area contributed by atoms with Crippen molar-refractivity contribution in [1.29, 1.82) is 0 Å². The van der Waals surface area contributed by atoms with Crippen LogP contribution in [0.15, 0.2) is 36.4 Å². The lowest BCUT2D eigenvalue weighted by atomic mass is 9.90. The van der Waals surface area contributed by atoms with Crippen LogP contribution in [0.4, 0.5) is 5.69 Å². The van der Waals surface area contributed by atoms with E-state index in [1.54, 1.807) is 38.5 Å². The molecule has 8 nitrogen and oxygen atoms in total. The van der Waals surface area contributed by atoms with Crippen molar-refractivity contribution in [3.63, 3.8) is 0 Å². The van der Waals surface area contributed by atoms with E-state index in [0.717, 1.165) is 16.9 Å². The summed E-state index contributed by atoms with van der Waals surface area (Å²) in [7, 11) is 3.11. The zero-order valence-corrected chi connectivity index (χ0v) is 18.0. The molecule has 2 aromatic carbocycles. The van der Waals surface area contributed by atoms with E-state index in [1.165, 1.54) is 0 Å². The Bertz CT molecular complexity index is 928. The number of nitrogens with one attached hydrogen (secondary N) is 1. The fraction of sp³-hybridized carbons (Fsp3) is 0.391. The number of methoxy groups -OCH3 is 2. The van der Waals surface area contributed by atoms with Crippen molar-refractivity contribution in [3.05, 3.63) is 47.5 Å². The van der Waals surface area contributed by atoms with Gasteiger partial charge in [0.2, 0.25) is 5.91 Å². The van der Waals surface area contributed by atoms with Gasteiger partial charge in [-0.1, -0.05) is 0 Å². The Morgan fingerprint density at radius 2 is 1.81 bits per heavy atom. The molecule has 1 aliphatic rings. The Balaban J connectivity index is 1.77. The number of carboxylic acid groups (broad SMARTS) is 1. The van der Waals surface area contributed by atoms with Crippen LogP contribution in [-0.4, -0.2) is 55.8 Å². The highest BCUT2D eigenvalue weighted by molar-refractivity contribution is 5.92. The first-order chi connectivity index (χ1) is 14.9. The molecule has 0 aliphatic carbocycles. The number of rotatable bonds is 9. The number of hydrogen-bond acceptors (Lipinski definition) is 6. The molecule has 8 heteroatoms. The largest absolute Gasteiger partial charge is 0.494 e. The fourth-order valence-electron chi connectivity index (χ4n) is 3.86. The van der Waals surface area contributed by atoms with Gasteiger partial charge in [0, 0.05) is 18.3 Å². The number of carbonyl (C=O) groups is 2. The molecule has 166 valence electrons. The molecule has 2 aromatic rings. The molecule has 0 fully saturated rings. The quantitative estimate of drug-likeness (QED) is 0.633. The minimum Gasteiger partial charge on any atom is -0.494 e. The maximum atomic E-state index is 12.7. The van der Waals surface area contributed by atoms with Gasteiger partial charge < -0.3 is 24.6 Å². The summed E-state index contributed by atoms with van der Waals surface area (Å²) >= 11 is 0. The second kappa shape index (κ2) is 10.2. The Morgan fingerprint density at radius 1 is 1.13 bits per heavy atom. The Hall–Kier alpha value is -3.26. The maximum absolute atomic E-state index is 12.7. The monoisotopic (exact) mass is 428 g/mol. The number of fused-ring (bicyclic) bond motifs is 1. The Kier molecular flexibility index (Phi) is 7.36. The van der Waals surface area contributed by atoms with Crippen molar-refractivity contribution in [1.82, 2.24) is 4.90 Å². The number of ether oxygens (including phenoxy) is 3. The number of nitrogens with zero attached hydrogens (tertiary/aromatic N) is 1. The standard InChI is InChI=1S/C23H28N2O6/c1-4-31-17-7-5-16(6-8-17)24-22(26)14-25-10-9-15-11-20(29-2)21(30-3)12-18(15)19(25)13-23(27)28/h5-8,11-12,19H,4,9-10,13-14H2,1-3H3,(H,24,26)(H,27,28)/t19-/m1/s1. The summed E-state index contributed by atoms with van der Waals surface area (Å²) in [4.78, 5) is 26.1. The molecule has 0 spiro atoms. The number of hydrogen-bond donors (Lipinski definition) is 2. The van der Waals surface area contributed by atoms with Crippen molar-refractivity contribution in [2.24, 2.45) is 0 Å². The predicted molar refractivity (Wildman–Crippen MR) is 116 cm³/mol. The number of benzene rings is 2. The summed E-state index contributed by atoms with van der Waals surface area (Å²) in [6, 6.07) is 10.4. The van der Waals surface area contributed by atoms with Gasteiger partial charge in [-0.3, -0.25) is 14.5 Å². The van der Waals surface area contributed by atoms with Crippen LogP contribution >= 0.6 is 0 Å². The molecule has 1 heterocycles. The minimum atomic E-state index is -0.926. The number of aliphatic carboxylic acids is 1. The molecule has 2 N–H and O–H groups in total. The minimum absolute atomic E-state index is 0.0823. The summed E-state index contributed by atoms with van der Waals surface area (Å²) in [6.07, 6.45) is 0.570. The maximum Gasteiger partial charge on any atom is 0.305 e. The van der Waals surface area contributed by atoms with E-state index in [0.29, 0.717) is 36.8 Å². The van der Waals surface area contributed by atoms with Crippen LogP contribution in [-0.2, 0) is 16.0 Å². The van der Waals surface area contributed by atoms with Gasteiger partial charge in [-0.2, -0.15) is 0 Å². The average Bonchev–Trinajstić information content (AvgIpc) is 2.75. The van der Waals surface area contributed by atoms with Crippen LogP contribution < -0.4 is 19.5 Å². The first-order valence-electron chi connectivity index (χ1n) is 10.2.